The van der Waals surface area contributed by atoms with Gasteiger partial charge in [0.25, 0.3) is 0 Å². The summed E-state index contributed by atoms with van der Waals surface area (Å²) in [7, 11) is 3.08. The van der Waals surface area contributed by atoms with Gasteiger partial charge in [0, 0.05) is 18.3 Å². The van der Waals surface area contributed by atoms with Crippen LogP contribution in [0.5, 0.6) is 28.7 Å². The van der Waals surface area contributed by atoms with E-state index in [0.29, 0.717) is 36.0 Å². The van der Waals surface area contributed by atoms with E-state index in [1.165, 1.54) is 59.2 Å². The fraction of sp³-hybridized carbons (Fsp3) is 0.568. The zero-order chi connectivity index (χ0) is 31.6. The molecule has 0 N–H and O–H groups in total. The predicted molar refractivity (Wildman–Crippen MR) is 171 cm³/mol. The van der Waals surface area contributed by atoms with Crippen molar-refractivity contribution in [2.75, 3.05) is 27.6 Å². The van der Waals surface area contributed by atoms with Gasteiger partial charge >= 0.3 is 11.9 Å². The number of ether oxygens (including phenoxy) is 6. The zero-order valence-electron chi connectivity index (χ0n) is 27.1. The summed E-state index contributed by atoms with van der Waals surface area (Å²) < 4.78 is 34.1. The molecular weight excluding hydrogens is 572 g/mol. The van der Waals surface area contributed by atoms with Gasteiger partial charge in [-0.15, -0.1) is 0 Å². The van der Waals surface area contributed by atoms with E-state index in [1.807, 2.05) is 24.3 Å². The van der Waals surface area contributed by atoms with E-state index in [0.717, 1.165) is 48.8 Å². The molecule has 8 nitrogen and oxygen atoms in total. The number of fused-ring (bicyclic) bond motifs is 3. The number of hydrogen-bond acceptors (Lipinski definition) is 8. The Kier molecular flexibility index (Phi) is 11.7. The van der Waals surface area contributed by atoms with Gasteiger partial charge in [-0.3, -0.25) is 9.59 Å². The molecule has 1 saturated heterocycles. The van der Waals surface area contributed by atoms with Crippen molar-refractivity contribution in [1.29, 1.82) is 0 Å². The molecule has 3 atom stereocenters. The summed E-state index contributed by atoms with van der Waals surface area (Å²) in [5, 5.41) is 0. The number of carbonyl (C=O) groups excluding carboxylic acids is 2. The molecule has 244 valence electrons. The highest BCUT2D eigenvalue weighted by molar-refractivity contribution is 5.79. The normalized spacial score (nSPS) is 19.7. The summed E-state index contributed by atoms with van der Waals surface area (Å²) in [6, 6.07) is 7.68. The Morgan fingerprint density at radius 1 is 0.844 bits per heavy atom. The monoisotopic (exact) mass is 620 g/mol. The maximum atomic E-state index is 13.0. The fourth-order valence-corrected chi connectivity index (χ4v) is 6.84. The Balaban J connectivity index is 1.19. The van der Waals surface area contributed by atoms with E-state index < -0.39 is 0 Å². The molecule has 2 aliphatic heterocycles. The number of methoxy groups -OCH3 is 2. The second kappa shape index (κ2) is 16.1. The smallest absolute Gasteiger partial charge is 0.311 e. The lowest BCUT2D eigenvalue weighted by molar-refractivity contribution is -0.141. The molecule has 2 aromatic rings. The summed E-state index contributed by atoms with van der Waals surface area (Å²) in [4.78, 5) is 25.9. The van der Waals surface area contributed by atoms with Crippen molar-refractivity contribution in [1.82, 2.24) is 0 Å². The van der Waals surface area contributed by atoms with Gasteiger partial charge in [-0.25, -0.2) is 0 Å². The van der Waals surface area contributed by atoms with Gasteiger partial charge in [0.05, 0.1) is 26.7 Å². The van der Waals surface area contributed by atoms with E-state index in [2.05, 4.69) is 19.1 Å². The minimum Gasteiger partial charge on any atom is -0.493 e. The van der Waals surface area contributed by atoms with Crippen LogP contribution in [-0.2, 0) is 20.7 Å². The van der Waals surface area contributed by atoms with Crippen molar-refractivity contribution in [2.45, 2.75) is 96.3 Å². The summed E-state index contributed by atoms with van der Waals surface area (Å²) in [5.74, 6) is 1.25. The van der Waals surface area contributed by atoms with E-state index in [9.17, 15) is 9.59 Å². The van der Waals surface area contributed by atoms with Crippen LogP contribution in [0.25, 0.3) is 0 Å². The Bertz CT molecular complexity index is 1320. The molecule has 8 heteroatoms. The standard InChI is InChI=1S/C37H48O8/c1-4-5-6-7-8-9-10-11-12-13-14-15-16-17-33(38)45-36-31(40-2)20-26(21-32(36)41-3)34-28-22-30-29(43-24-44-30)19-25(28)18-27-23-42-37(39)35(27)34/h9-10,19-22,27,34-35H,4-8,11-18,23-24H2,1-3H3/b10-9-/t27-,34+,35-/m0/s1. The molecule has 0 radical (unpaired) electrons. The maximum absolute atomic E-state index is 13.0. The molecule has 3 aliphatic rings. The van der Waals surface area contributed by atoms with Crippen molar-refractivity contribution in [3.8, 4) is 28.7 Å². The number of benzene rings is 2. The predicted octanol–water partition coefficient (Wildman–Crippen LogP) is 8.07. The Hall–Kier alpha value is -3.68. The Labute approximate surface area is 267 Å². The molecule has 0 unspecified atom stereocenters. The second-order valence-electron chi connectivity index (χ2n) is 12.4. The first-order chi connectivity index (χ1) is 22.0. The lowest BCUT2D eigenvalue weighted by Crippen LogP contribution is -2.31. The van der Waals surface area contributed by atoms with Gasteiger partial charge in [0.15, 0.2) is 23.0 Å². The molecule has 5 rings (SSSR count). The molecule has 0 bridgehead atoms. The highest BCUT2D eigenvalue weighted by Crippen LogP contribution is 2.52. The molecule has 0 aromatic heterocycles. The highest BCUT2D eigenvalue weighted by Gasteiger charge is 2.48. The molecule has 2 heterocycles. The fourth-order valence-electron chi connectivity index (χ4n) is 6.84. The average molecular weight is 621 g/mol. The zero-order valence-corrected chi connectivity index (χ0v) is 27.1. The van der Waals surface area contributed by atoms with Crippen molar-refractivity contribution in [3.05, 3.63) is 53.1 Å². The number of esters is 2. The molecular formula is C37H48O8. The number of cyclic esters (lactones) is 1. The third-order valence-corrected chi connectivity index (χ3v) is 9.23. The van der Waals surface area contributed by atoms with Crippen LogP contribution in [0, 0.1) is 11.8 Å². The van der Waals surface area contributed by atoms with Crippen LogP contribution in [0.15, 0.2) is 36.4 Å². The van der Waals surface area contributed by atoms with E-state index in [1.54, 1.807) is 0 Å². The van der Waals surface area contributed by atoms with Gasteiger partial charge in [0.2, 0.25) is 12.5 Å². The molecule has 1 aliphatic carbocycles. The van der Waals surface area contributed by atoms with Crippen LogP contribution in [0.4, 0.5) is 0 Å². The number of carbonyl (C=O) groups is 2. The topological polar surface area (TPSA) is 89.5 Å². The van der Waals surface area contributed by atoms with Crippen LogP contribution >= 0.6 is 0 Å². The lowest BCUT2D eigenvalue weighted by Gasteiger charge is -2.34. The largest absolute Gasteiger partial charge is 0.493 e. The SMILES string of the molecule is CCCCCC/C=C\CCCCCCCC(=O)Oc1c(OC)cc([C@@H]2c3cc4c(cc3C[C@H]3COC(=O)[C@@H]32)OCO4)cc1OC. The average Bonchev–Trinajstić information content (AvgIpc) is 3.66. The van der Waals surface area contributed by atoms with Crippen LogP contribution in [0.3, 0.4) is 0 Å². The first-order valence-corrected chi connectivity index (χ1v) is 16.7. The van der Waals surface area contributed by atoms with Crippen molar-refractivity contribution in [2.24, 2.45) is 11.8 Å². The number of allylic oxidation sites excluding steroid dienone is 2. The third kappa shape index (κ3) is 7.95. The van der Waals surface area contributed by atoms with Gasteiger partial charge in [0.1, 0.15) is 0 Å². The molecule has 2 aromatic carbocycles. The second-order valence-corrected chi connectivity index (χ2v) is 12.4. The molecule has 0 spiro atoms. The molecule has 0 saturated carbocycles. The van der Waals surface area contributed by atoms with Crippen molar-refractivity contribution < 1.29 is 38.0 Å². The highest BCUT2D eigenvalue weighted by atomic mass is 16.7. The van der Waals surface area contributed by atoms with Crippen LogP contribution < -0.4 is 23.7 Å². The Morgan fingerprint density at radius 3 is 2.18 bits per heavy atom. The van der Waals surface area contributed by atoms with Crippen LogP contribution in [0.1, 0.15) is 107 Å². The number of rotatable bonds is 17. The quantitative estimate of drug-likeness (QED) is 0.0759. The summed E-state index contributed by atoms with van der Waals surface area (Å²) in [6.45, 7) is 2.80. The molecule has 1 fully saturated rings. The summed E-state index contributed by atoms with van der Waals surface area (Å²) >= 11 is 0. The van der Waals surface area contributed by atoms with Gasteiger partial charge in [-0.1, -0.05) is 57.6 Å². The minimum absolute atomic E-state index is 0.0432. The molecule has 45 heavy (non-hydrogen) atoms. The van der Waals surface area contributed by atoms with E-state index in [-0.39, 0.29) is 42.2 Å². The lowest BCUT2D eigenvalue weighted by atomic mass is 9.67. The number of hydrogen-bond donors (Lipinski definition) is 0. The van der Waals surface area contributed by atoms with Gasteiger partial charge in [-0.05, 0) is 79.5 Å². The first kappa shape index (κ1) is 32.7. The van der Waals surface area contributed by atoms with E-state index >= 15 is 0 Å². The number of unbranched alkanes of at least 4 members (excludes halogenated alkanes) is 9. The first-order valence-electron chi connectivity index (χ1n) is 16.7. The van der Waals surface area contributed by atoms with Crippen LogP contribution in [0.2, 0.25) is 0 Å². The third-order valence-electron chi connectivity index (χ3n) is 9.23. The maximum Gasteiger partial charge on any atom is 0.311 e. The van der Waals surface area contributed by atoms with Crippen molar-refractivity contribution in [3.63, 3.8) is 0 Å². The van der Waals surface area contributed by atoms with Crippen LogP contribution in [-0.4, -0.2) is 39.6 Å². The van der Waals surface area contributed by atoms with Gasteiger partial charge < -0.3 is 28.4 Å². The van der Waals surface area contributed by atoms with Crippen molar-refractivity contribution >= 4 is 11.9 Å². The summed E-state index contributed by atoms with van der Waals surface area (Å²) in [5.41, 5.74) is 2.92. The Morgan fingerprint density at radius 2 is 1.49 bits per heavy atom. The summed E-state index contributed by atoms with van der Waals surface area (Å²) in [6.07, 6.45) is 18.5. The van der Waals surface area contributed by atoms with Gasteiger partial charge in [-0.2, -0.15) is 0 Å². The van der Waals surface area contributed by atoms with E-state index in [4.69, 9.17) is 28.4 Å². The minimum atomic E-state index is -0.354. The molecule has 0 amide bonds.